The molecule has 0 fully saturated rings. The van der Waals surface area contributed by atoms with E-state index in [1.54, 1.807) is 0 Å². The molecular weight excluding hydrogens is 354 g/mol. The van der Waals surface area contributed by atoms with E-state index < -0.39 is 0 Å². The lowest BCUT2D eigenvalue weighted by atomic mass is 9.92. The fourth-order valence-corrected chi connectivity index (χ4v) is 4.78. The Hall–Kier alpha value is -2.00. The molecule has 3 nitrogen and oxygen atoms in total. The molecule has 3 rings (SSSR count). The normalized spacial score (nSPS) is 15.4. The van der Waals surface area contributed by atoms with Crippen molar-refractivity contribution in [2.24, 2.45) is 0 Å². The zero-order chi connectivity index (χ0) is 21.5. The predicted molar refractivity (Wildman–Crippen MR) is 128 cm³/mol. The second-order valence-electron chi connectivity index (χ2n) is 9.03. The summed E-state index contributed by atoms with van der Waals surface area (Å²) in [5, 5.41) is 11.1. The second-order valence-corrected chi connectivity index (χ2v) is 9.03. The van der Waals surface area contributed by atoms with Gasteiger partial charge in [-0.05, 0) is 124 Å². The third kappa shape index (κ3) is 3.90. The summed E-state index contributed by atoms with van der Waals surface area (Å²) in [5.41, 5.74) is 17.0. The minimum atomic E-state index is 0.482. The maximum Gasteiger partial charge on any atom is 0.0427 e. The predicted octanol–water partition coefficient (Wildman–Crippen LogP) is 5.50. The minimum Gasteiger partial charge on any atom is -0.383 e. The lowest BCUT2D eigenvalue weighted by Gasteiger charge is -2.20. The van der Waals surface area contributed by atoms with Crippen LogP contribution in [0.2, 0.25) is 0 Å². The molecule has 1 aliphatic rings. The van der Waals surface area contributed by atoms with Crippen LogP contribution in [0.4, 0.5) is 11.4 Å². The largest absolute Gasteiger partial charge is 0.383 e. The highest BCUT2D eigenvalue weighted by Crippen LogP contribution is 2.36. The maximum absolute atomic E-state index is 3.78. The first kappa shape index (κ1) is 21.7. The van der Waals surface area contributed by atoms with Crippen LogP contribution in [0.25, 0.3) is 0 Å². The van der Waals surface area contributed by atoms with E-state index in [1.165, 1.54) is 67.0 Å². The molecule has 3 N–H and O–H groups in total. The number of hydrogen-bond donors (Lipinski definition) is 3. The summed E-state index contributed by atoms with van der Waals surface area (Å²) in [7, 11) is 0. The van der Waals surface area contributed by atoms with E-state index in [0.717, 1.165) is 26.1 Å². The Morgan fingerprint density at radius 2 is 1.17 bits per heavy atom. The molecule has 3 heteroatoms. The first-order chi connectivity index (χ1) is 13.6. The second kappa shape index (κ2) is 8.39. The molecule has 1 unspecified atom stereocenters. The van der Waals surface area contributed by atoms with E-state index in [1.807, 2.05) is 0 Å². The van der Waals surface area contributed by atoms with Crippen LogP contribution in [0.5, 0.6) is 0 Å². The van der Waals surface area contributed by atoms with Gasteiger partial charge in [-0.2, -0.15) is 0 Å². The van der Waals surface area contributed by atoms with E-state index in [4.69, 9.17) is 0 Å². The number of fused-ring (bicyclic) bond motifs is 1. The van der Waals surface area contributed by atoms with Crippen LogP contribution >= 0.6 is 0 Å². The molecule has 1 aliphatic heterocycles. The van der Waals surface area contributed by atoms with Gasteiger partial charge in [-0.3, -0.25) is 0 Å². The molecule has 1 heterocycles. The molecule has 1 atom stereocenters. The molecule has 0 saturated carbocycles. The van der Waals surface area contributed by atoms with E-state index in [9.17, 15) is 0 Å². The van der Waals surface area contributed by atoms with Crippen molar-refractivity contribution in [1.82, 2.24) is 5.32 Å². The molecule has 0 aliphatic carbocycles. The van der Waals surface area contributed by atoms with Crippen LogP contribution in [-0.2, 0) is 6.42 Å². The SMILES string of the molecule is Cc1c(C)c(C)c(NCCNCC2Cc3c(C)c(C)c(C)c(C)c3N2)c(C)c1C. The fraction of sp³-hybridized carbons (Fsp3) is 0.538. The Morgan fingerprint density at radius 3 is 1.79 bits per heavy atom. The topological polar surface area (TPSA) is 36.1 Å². The molecular formula is C26H39N3. The zero-order valence-electron chi connectivity index (χ0n) is 19.9. The van der Waals surface area contributed by atoms with Gasteiger partial charge >= 0.3 is 0 Å². The average Bonchev–Trinajstić information content (AvgIpc) is 3.14. The van der Waals surface area contributed by atoms with Crippen molar-refractivity contribution in [3.05, 3.63) is 55.6 Å². The molecule has 0 bridgehead atoms. The smallest absolute Gasteiger partial charge is 0.0427 e. The van der Waals surface area contributed by atoms with Crippen molar-refractivity contribution in [1.29, 1.82) is 0 Å². The summed E-state index contributed by atoms with van der Waals surface area (Å²) in [4.78, 5) is 0. The van der Waals surface area contributed by atoms with Gasteiger partial charge in [0.15, 0.2) is 0 Å². The van der Waals surface area contributed by atoms with Crippen LogP contribution in [-0.4, -0.2) is 25.7 Å². The Balaban J connectivity index is 1.54. The highest BCUT2D eigenvalue weighted by atomic mass is 15.0. The summed E-state index contributed by atoms with van der Waals surface area (Å²) in [6.45, 7) is 23.1. The van der Waals surface area contributed by atoms with Crippen molar-refractivity contribution < 1.29 is 0 Å². The third-order valence-corrected chi connectivity index (χ3v) is 7.61. The Kier molecular flexibility index (Phi) is 6.28. The summed E-state index contributed by atoms with van der Waals surface area (Å²) in [6.07, 6.45) is 1.12. The standard InChI is InChI=1S/C26H39N3/c1-14-16(3)20(7)25(21(8)17(14)4)28-11-10-27-13-23-12-24-19(6)15(2)18(5)22(9)26(24)29-23/h23,27-29H,10-13H2,1-9H3. The summed E-state index contributed by atoms with van der Waals surface area (Å²) in [5.74, 6) is 0. The maximum atomic E-state index is 3.78. The average molecular weight is 394 g/mol. The fourth-order valence-electron chi connectivity index (χ4n) is 4.78. The molecule has 2 aromatic rings. The summed E-state index contributed by atoms with van der Waals surface area (Å²) in [6, 6.07) is 0.482. The lowest BCUT2D eigenvalue weighted by molar-refractivity contribution is 0.624. The Morgan fingerprint density at radius 1 is 0.655 bits per heavy atom. The van der Waals surface area contributed by atoms with Crippen molar-refractivity contribution in [3.63, 3.8) is 0 Å². The first-order valence-electron chi connectivity index (χ1n) is 11.0. The highest BCUT2D eigenvalue weighted by molar-refractivity contribution is 5.69. The van der Waals surface area contributed by atoms with Gasteiger partial charge < -0.3 is 16.0 Å². The van der Waals surface area contributed by atoms with Gasteiger partial charge in [0, 0.05) is 37.1 Å². The number of anilines is 2. The third-order valence-electron chi connectivity index (χ3n) is 7.61. The number of rotatable bonds is 6. The Bertz CT molecular complexity index is 874. The molecule has 0 spiro atoms. The zero-order valence-corrected chi connectivity index (χ0v) is 19.9. The number of benzene rings is 2. The van der Waals surface area contributed by atoms with Gasteiger partial charge in [0.25, 0.3) is 0 Å². The number of hydrogen-bond acceptors (Lipinski definition) is 3. The van der Waals surface area contributed by atoms with Crippen LogP contribution in [0, 0.1) is 62.3 Å². The van der Waals surface area contributed by atoms with Crippen LogP contribution < -0.4 is 16.0 Å². The Labute approximate surface area is 177 Å². The van der Waals surface area contributed by atoms with Crippen LogP contribution in [0.3, 0.4) is 0 Å². The van der Waals surface area contributed by atoms with Crippen molar-refractivity contribution in [2.75, 3.05) is 30.3 Å². The molecule has 0 radical (unpaired) electrons. The monoisotopic (exact) mass is 393 g/mol. The van der Waals surface area contributed by atoms with Crippen LogP contribution in [0.15, 0.2) is 0 Å². The van der Waals surface area contributed by atoms with E-state index >= 15 is 0 Å². The lowest BCUT2D eigenvalue weighted by Crippen LogP contribution is -2.34. The van der Waals surface area contributed by atoms with Gasteiger partial charge in [0.2, 0.25) is 0 Å². The molecule has 0 amide bonds. The van der Waals surface area contributed by atoms with E-state index in [0.29, 0.717) is 6.04 Å². The molecule has 0 aromatic heterocycles. The van der Waals surface area contributed by atoms with Gasteiger partial charge in [-0.15, -0.1) is 0 Å². The molecule has 158 valence electrons. The van der Waals surface area contributed by atoms with Crippen molar-refractivity contribution in [3.8, 4) is 0 Å². The minimum absolute atomic E-state index is 0.482. The summed E-state index contributed by atoms with van der Waals surface area (Å²) >= 11 is 0. The van der Waals surface area contributed by atoms with Crippen LogP contribution in [0.1, 0.15) is 55.6 Å². The van der Waals surface area contributed by atoms with Crippen molar-refractivity contribution in [2.45, 2.75) is 74.8 Å². The van der Waals surface area contributed by atoms with Gasteiger partial charge in [-0.1, -0.05) is 0 Å². The molecule has 0 saturated heterocycles. The highest BCUT2D eigenvalue weighted by Gasteiger charge is 2.25. The number of nitrogens with one attached hydrogen (secondary N) is 3. The van der Waals surface area contributed by atoms with Gasteiger partial charge in [0.1, 0.15) is 0 Å². The molecule has 2 aromatic carbocycles. The van der Waals surface area contributed by atoms with Crippen molar-refractivity contribution >= 4 is 11.4 Å². The quantitative estimate of drug-likeness (QED) is 0.567. The first-order valence-corrected chi connectivity index (χ1v) is 11.0. The van der Waals surface area contributed by atoms with E-state index in [-0.39, 0.29) is 0 Å². The van der Waals surface area contributed by atoms with Gasteiger partial charge in [-0.25, -0.2) is 0 Å². The van der Waals surface area contributed by atoms with Gasteiger partial charge in [0.05, 0.1) is 0 Å². The van der Waals surface area contributed by atoms with E-state index in [2.05, 4.69) is 78.3 Å². The molecule has 29 heavy (non-hydrogen) atoms. The summed E-state index contributed by atoms with van der Waals surface area (Å²) < 4.78 is 0.